The van der Waals surface area contributed by atoms with Crippen molar-refractivity contribution in [2.45, 2.75) is 10.1 Å². The Morgan fingerprint density at radius 2 is 1.95 bits per heavy atom. The van der Waals surface area contributed by atoms with Gasteiger partial charge in [-0.15, -0.1) is 11.3 Å². The second-order valence-electron chi connectivity index (χ2n) is 4.11. The van der Waals surface area contributed by atoms with Crippen molar-refractivity contribution in [3.05, 3.63) is 42.0 Å². The maximum absolute atomic E-state index is 13.4. The fraction of sp³-hybridized carbons (Fsp3) is 0.167. The van der Waals surface area contributed by atoms with Crippen LogP contribution in [-0.4, -0.2) is 20.1 Å². The highest BCUT2D eigenvalue weighted by Crippen LogP contribution is 2.34. The molecule has 0 aliphatic heterocycles. The van der Waals surface area contributed by atoms with Crippen LogP contribution in [0.5, 0.6) is 0 Å². The van der Waals surface area contributed by atoms with Crippen LogP contribution in [0.1, 0.15) is 5.56 Å². The number of hydrogen-bond acceptors (Lipinski definition) is 4. The van der Waals surface area contributed by atoms with E-state index in [1.54, 1.807) is 6.07 Å². The molecule has 20 heavy (non-hydrogen) atoms. The molecule has 108 valence electrons. The molecule has 2 aromatic rings. The first kappa shape index (κ1) is 15.0. The van der Waals surface area contributed by atoms with E-state index in [1.807, 2.05) is 0 Å². The summed E-state index contributed by atoms with van der Waals surface area (Å²) in [7, 11) is -3.80. The molecule has 0 saturated carbocycles. The zero-order valence-corrected chi connectivity index (χ0v) is 11.7. The number of aliphatic hydroxyl groups excluding tert-OH is 1. The predicted octanol–water partition coefficient (Wildman–Crippen LogP) is 2.15. The highest BCUT2D eigenvalue weighted by Gasteiger charge is 2.30. The van der Waals surface area contributed by atoms with Gasteiger partial charge in [-0.3, -0.25) is 0 Å². The molecule has 0 aliphatic carbocycles. The molecule has 0 saturated heterocycles. The molecular formula is C12H11F2NO3S2. The Hall–Kier alpha value is -1.35. The van der Waals surface area contributed by atoms with Crippen molar-refractivity contribution < 1.29 is 22.3 Å². The van der Waals surface area contributed by atoms with E-state index in [0.29, 0.717) is 10.4 Å². The summed E-state index contributed by atoms with van der Waals surface area (Å²) in [6, 6.07) is 8.25. The molecule has 3 N–H and O–H groups in total. The SMILES string of the molecule is NS(=O)(=O)c1ccc(-c2cccc(C(F)(F)CO)c2)s1. The van der Waals surface area contributed by atoms with Gasteiger partial charge in [0, 0.05) is 10.4 Å². The summed E-state index contributed by atoms with van der Waals surface area (Å²) in [4.78, 5) is 0.504. The van der Waals surface area contributed by atoms with E-state index in [2.05, 4.69) is 0 Å². The van der Waals surface area contributed by atoms with Crippen LogP contribution in [0, 0.1) is 0 Å². The van der Waals surface area contributed by atoms with Gasteiger partial charge in [0.1, 0.15) is 10.8 Å². The van der Waals surface area contributed by atoms with E-state index < -0.39 is 22.6 Å². The van der Waals surface area contributed by atoms with Crippen LogP contribution >= 0.6 is 11.3 Å². The van der Waals surface area contributed by atoms with Crippen LogP contribution in [0.3, 0.4) is 0 Å². The Morgan fingerprint density at radius 3 is 2.50 bits per heavy atom. The maximum atomic E-state index is 13.4. The van der Waals surface area contributed by atoms with Crippen molar-refractivity contribution in [3.63, 3.8) is 0 Å². The van der Waals surface area contributed by atoms with Crippen molar-refractivity contribution in [2.24, 2.45) is 5.14 Å². The van der Waals surface area contributed by atoms with E-state index in [9.17, 15) is 17.2 Å². The summed E-state index contributed by atoms with van der Waals surface area (Å²) in [5, 5.41) is 13.7. The van der Waals surface area contributed by atoms with Crippen LogP contribution in [-0.2, 0) is 15.9 Å². The van der Waals surface area contributed by atoms with Gasteiger partial charge in [0.15, 0.2) is 0 Å². The van der Waals surface area contributed by atoms with Crippen LogP contribution in [0.25, 0.3) is 10.4 Å². The summed E-state index contributed by atoms with van der Waals surface area (Å²) >= 11 is 0.899. The average Bonchev–Trinajstić information content (AvgIpc) is 2.88. The van der Waals surface area contributed by atoms with E-state index in [0.717, 1.165) is 11.3 Å². The molecule has 4 nitrogen and oxygen atoms in total. The number of nitrogens with two attached hydrogens (primary N) is 1. The first-order valence-corrected chi connectivity index (χ1v) is 7.82. The Labute approximate surface area is 118 Å². The number of sulfonamides is 1. The third-order valence-corrected chi connectivity index (χ3v) is 5.20. The Bertz CT molecular complexity index is 726. The summed E-state index contributed by atoms with van der Waals surface area (Å²) in [5.74, 6) is -3.34. The van der Waals surface area contributed by atoms with Gasteiger partial charge in [-0.05, 0) is 23.8 Å². The number of hydrogen-bond donors (Lipinski definition) is 2. The van der Waals surface area contributed by atoms with Crippen molar-refractivity contribution in [1.29, 1.82) is 0 Å². The third kappa shape index (κ3) is 3.04. The van der Waals surface area contributed by atoms with E-state index in [4.69, 9.17) is 10.2 Å². The zero-order chi connectivity index (χ0) is 15.0. The number of primary sulfonamides is 1. The number of benzene rings is 1. The highest BCUT2D eigenvalue weighted by molar-refractivity contribution is 7.91. The van der Waals surface area contributed by atoms with Crippen molar-refractivity contribution in [1.82, 2.24) is 0 Å². The molecule has 0 aliphatic rings. The predicted molar refractivity (Wildman–Crippen MR) is 72.1 cm³/mol. The molecular weight excluding hydrogens is 308 g/mol. The molecule has 0 unspecified atom stereocenters. The lowest BCUT2D eigenvalue weighted by Gasteiger charge is -2.14. The quantitative estimate of drug-likeness (QED) is 0.906. The Balaban J connectivity index is 2.44. The average molecular weight is 319 g/mol. The molecule has 8 heteroatoms. The van der Waals surface area contributed by atoms with Crippen LogP contribution < -0.4 is 5.14 Å². The molecule has 1 aromatic carbocycles. The minimum atomic E-state index is -3.80. The summed E-state index contributed by atoms with van der Waals surface area (Å²) in [6.45, 7) is -1.29. The Kier molecular flexibility index (Phi) is 3.92. The van der Waals surface area contributed by atoms with E-state index in [-0.39, 0.29) is 9.77 Å². The van der Waals surface area contributed by atoms with Gasteiger partial charge < -0.3 is 5.11 Å². The second kappa shape index (κ2) is 5.21. The van der Waals surface area contributed by atoms with Gasteiger partial charge in [0.05, 0.1) is 0 Å². The summed E-state index contributed by atoms with van der Waals surface area (Å²) in [5.41, 5.74) is 0.110. The molecule has 0 spiro atoms. The van der Waals surface area contributed by atoms with Gasteiger partial charge in [0.2, 0.25) is 10.0 Å². The van der Waals surface area contributed by atoms with Crippen molar-refractivity contribution in [2.75, 3.05) is 6.61 Å². The first-order valence-electron chi connectivity index (χ1n) is 5.46. The van der Waals surface area contributed by atoms with Gasteiger partial charge in [0.25, 0.3) is 5.92 Å². The zero-order valence-electron chi connectivity index (χ0n) is 10.1. The maximum Gasteiger partial charge on any atom is 0.295 e. The number of thiophene rings is 1. The number of alkyl halides is 2. The lowest BCUT2D eigenvalue weighted by molar-refractivity contribution is -0.0555. The summed E-state index contributed by atoms with van der Waals surface area (Å²) < 4.78 is 49.2. The van der Waals surface area contributed by atoms with E-state index >= 15 is 0 Å². The number of rotatable bonds is 4. The molecule has 0 bridgehead atoms. The van der Waals surface area contributed by atoms with Crippen LogP contribution in [0.4, 0.5) is 8.78 Å². The standard InChI is InChI=1S/C12H11F2NO3S2/c13-12(14,7-16)9-3-1-2-8(6-9)10-4-5-11(19-10)20(15,17)18/h1-6,16H,7H2,(H2,15,17,18). The molecule has 1 aromatic heterocycles. The first-order chi connectivity index (χ1) is 9.24. The van der Waals surface area contributed by atoms with Crippen LogP contribution in [0.15, 0.2) is 40.6 Å². The molecule has 2 rings (SSSR count). The lowest BCUT2D eigenvalue weighted by atomic mass is 10.0. The number of aliphatic hydroxyl groups is 1. The highest BCUT2D eigenvalue weighted by atomic mass is 32.2. The third-order valence-electron chi connectivity index (χ3n) is 2.63. The molecule has 0 atom stereocenters. The van der Waals surface area contributed by atoms with Gasteiger partial charge in [-0.25, -0.2) is 13.6 Å². The summed E-state index contributed by atoms with van der Waals surface area (Å²) in [6.07, 6.45) is 0. The van der Waals surface area contributed by atoms with Gasteiger partial charge in [-0.2, -0.15) is 8.78 Å². The Morgan fingerprint density at radius 1 is 1.25 bits per heavy atom. The molecule has 1 heterocycles. The largest absolute Gasteiger partial charge is 0.390 e. The van der Waals surface area contributed by atoms with Crippen molar-refractivity contribution in [3.8, 4) is 10.4 Å². The fourth-order valence-electron chi connectivity index (χ4n) is 1.62. The van der Waals surface area contributed by atoms with E-state index in [1.165, 1.54) is 30.3 Å². The second-order valence-corrected chi connectivity index (χ2v) is 6.98. The lowest BCUT2D eigenvalue weighted by Crippen LogP contribution is -2.18. The molecule has 0 radical (unpaired) electrons. The van der Waals surface area contributed by atoms with Crippen molar-refractivity contribution >= 4 is 21.4 Å². The fourth-order valence-corrected chi connectivity index (χ4v) is 3.34. The van der Waals surface area contributed by atoms with Gasteiger partial charge >= 0.3 is 0 Å². The van der Waals surface area contributed by atoms with Crippen LogP contribution in [0.2, 0.25) is 0 Å². The smallest absolute Gasteiger partial charge is 0.295 e. The minimum absolute atomic E-state index is 0.0354. The molecule has 0 amide bonds. The normalized spacial score (nSPS) is 12.6. The van der Waals surface area contributed by atoms with Gasteiger partial charge in [-0.1, -0.05) is 18.2 Å². The topological polar surface area (TPSA) is 80.4 Å². The minimum Gasteiger partial charge on any atom is -0.390 e. The molecule has 0 fully saturated rings. The monoisotopic (exact) mass is 319 g/mol. The number of halogens is 2.